The van der Waals surface area contributed by atoms with Gasteiger partial charge in [0.25, 0.3) is 0 Å². The molecule has 0 atom stereocenters. The molecule has 0 saturated carbocycles. The van der Waals surface area contributed by atoms with Crippen LogP contribution in [0.3, 0.4) is 0 Å². The Bertz CT molecular complexity index is 281. The van der Waals surface area contributed by atoms with E-state index in [1.54, 1.807) is 24.3 Å². The van der Waals surface area contributed by atoms with Crippen LogP contribution in [0.15, 0.2) is 30.3 Å². The highest BCUT2D eigenvalue weighted by atomic mass is 35.5. The normalized spacial score (nSPS) is 8.15. The summed E-state index contributed by atoms with van der Waals surface area (Å²) in [5, 5.41) is -0.361. The van der Waals surface area contributed by atoms with E-state index in [-0.39, 0.29) is 11.1 Å². The van der Waals surface area contributed by atoms with Gasteiger partial charge in [-0.15, -0.1) is 0 Å². The van der Waals surface area contributed by atoms with Gasteiger partial charge < -0.3 is 5.73 Å². The Balaban J connectivity index is 0.000000310. The third-order valence-electron chi connectivity index (χ3n) is 1.06. The van der Waals surface area contributed by atoms with E-state index in [0.29, 0.717) is 5.56 Å². The van der Waals surface area contributed by atoms with Crippen LogP contribution in [0.25, 0.3) is 0 Å². The molecule has 4 heteroatoms. The molecule has 0 aliphatic carbocycles. The summed E-state index contributed by atoms with van der Waals surface area (Å²) in [7, 11) is 0. The zero-order valence-corrected chi connectivity index (χ0v) is 7.91. The highest BCUT2D eigenvalue weighted by molar-refractivity contribution is 6.62. The summed E-state index contributed by atoms with van der Waals surface area (Å²) in [5.74, 6) is -0.379. The number of carbonyl (C=O) groups is 2. The van der Waals surface area contributed by atoms with Crippen LogP contribution in [-0.2, 0) is 4.79 Å². The molecule has 0 heterocycles. The first-order valence-electron chi connectivity index (χ1n) is 3.55. The van der Waals surface area contributed by atoms with Crippen LogP contribution in [0.4, 0.5) is 0 Å². The number of halogens is 1. The van der Waals surface area contributed by atoms with E-state index < -0.39 is 0 Å². The Morgan fingerprint density at radius 1 is 1.23 bits per heavy atom. The minimum absolute atomic E-state index is 0.361. The van der Waals surface area contributed by atoms with Crippen LogP contribution < -0.4 is 5.73 Å². The average molecular weight is 200 g/mol. The SMILES string of the molecule is CC(=O)Cl.NC(=O)c1ccccc1. The highest BCUT2D eigenvalue weighted by Gasteiger charge is 1.93. The van der Waals surface area contributed by atoms with E-state index in [4.69, 9.17) is 5.73 Å². The largest absolute Gasteiger partial charge is 0.366 e. The first-order chi connectivity index (χ1) is 6.04. The highest BCUT2D eigenvalue weighted by Crippen LogP contribution is 1.94. The van der Waals surface area contributed by atoms with E-state index in [9.17, 15) is 9.59 Å². The minimum atomic E-state index is -0.379. The summed E-state index contributed by atoms with van der Waals surface area (Å²) in [4.78, 5) is 19.6. The number of primary amides is 1. The average Bonchev–Trinajstić information content (AvgIpc) is 2.05. The Morgan fingerprint density at radius 2 is 1.62 bits per heavy atom. The predicted octanol–water partition coefficient (Wildman–Crippen LogP) is 1.56. The van der Waals surface area contributed by atoms with E-state index in [1.165, 1.54) is 6.92 Å². The third kappa shape index (κ3) is 7.03. The second-order valence-corrected chi connectivity index (χ2v) is 2.73. The van der Waals surface area contributed by atoms with Gasteiger partial charge in [0.15, 0.2) is 0 Å². The van der Waals surface area contributed by atoms with Crippen LogP contribution in [0.2, 0.25) is 0 Å². The van der Waals surface area contributed by atoms with Crippen molar-refractivity contribution in [3.63, 3.8) is 0 Å². The Labute approximate surface area is 81.5 Å². The summed E-state index contributed by atoms with van der Waals surface area (Å²) in [6.07, 6.45) is 0. The van der Waals surface area contributed by atoms with Gasteiger partial charge >= 0.3 is 0 Å². The van der Waals surface area contributed by atoms with E-state index in [2.05, 4.69) is 11.6 Å². The van der Waals surface area contributed by atoms with Crippen molar-refractivity contribution >= 4 is 22.8 Å². The smallest absolute Gasteiger partial charge is 0.248 e. The second kappa shape index (κ2) is 6.20. The molecule has 1 aromatic rings. The van der Waals surface area contributed by atoms with Gasteiger partial charge in [-0.1, -0.05) is 18.2 Å². The molecule has 0 saturated heterocycles. The van der Waals surface area contributed by atoms with Crippen LogP contribution in [0.5, 0.6) is 0 Å². The van der Waals surface area contributed by atoms with Crippen molar-refractivity contribution < 1.29 is 9.59 Å². The molecule has 0 spiro atoms. The van der Waals surface area contributed by atoms with Gasteiger partial charge in [0.2, 0.25) is 11.1 Å². The number of amides is 1. The molecular formula is C9H10ClNO2. The van der Waals surface area contributed by atoms with Crippen molar-refractivity contribution in [1.82, 2.24) is 0 Å². The van der Waals surface area contributed by atoms with Crippen LogP contribution >= 0.6 is 11.6 Å². The molecule has 1 rings (SSSR count). The van der Waals surface area contributed by atoms with Crippen molar-refractivity contribution in [3.05, 3.63) is 35.9 Å². The zero-order valence-electron chi connectivity index (χ0n) is 7.16. The topological polar surface area (TPSA) is 60.2 Å². The molecule has 0 radical (unpaired) electrons. The maximum absolute atomic E-state index is 10.4. The number of hydrogen-bond acceptors (Lipinski definition) is 2. The third-order valence-corrected chi connectivity index (χ3v) is 1.06. The molecule has 0 fully saturated rings. The van der Waals surface area contributed by atoms with E-state index in [0.717, 1.165) is 0 Å². The Hall–Kier alpha value is -1.35. The second-order valence-electron chi connectivity index (χ2n) is 2.20. The minimum Gasteiger partial charge on any atom is -0.366 e. The molecule has 13 heavy (non-hydrogen) atoms. The molecule has 70 valence electrons. The Morgan fingerprint density at radius 3 is 1.85 bits per heavy atom. The number of nitrogens with two attached hydrogens (primary N) is 1. The molecular weight excluding hydrogens is 190 g/mol. The predicted molar refractivity (Wildman–Crippen MR) is 51.5 cm³/mol. The van der Waals surface area contributed by atoms with Gasteiger partial charge in [0.1, 0.15) is 0 Å². The maximum Gasteiger partial charge on any atom is 0.248 e. The zero-order chi connectivity index (χ0) is 10.3. The lowest BCUT2D eigenvalue weighted by atomic mass is 10.2. The van der Waals surface area contributed by atoms with Gasteiger partial charge in [0.05, 0.1) is 0 Å². The van der Waals surface area contributed by atoms with Crippen molar-refractivity contribution in [1.29, 1.82) is 0 Å². The fourth-order valence-corrected chi connectivity index (χ4v) is 0.602. The first-order valence-corrected chi connectivity index (χ1v) is 3.92. The van der Waals surface area contributed by atoms with E-state index >= 15 is 0 Å². The first kappa shape index (κ1) is 11.6. The summed E-state index contributed by atoms with van der Waals surface area (Å²) >= 11 is 4.64. The van der Waals surface area contributed by atoms with Crippen molar-refractivity contribution in [2.75, 3.05) is 0 Å². The van der Waals surface area contributed by atoms with Crippen LogP contribution in [0.1, 0.15) is 17.3 Å². The standard InChI is InChI=1S/C7H7NO.C2H3ClO/c8-7(9)6-4-2-1-3-5-6;1-2(3)4/h1-5H,(H2,8,9);1H3. The van der Waals surface area contributed by atoms with Crippen LogP contribution in [-0.4, -0.2) is 11.1 Å². The number of carbonyl (C=O) groups excluding carboxylic acids is 2. The number of benzene rings is 1. The molecule has 1 amide bonds. The van der Waals surface area contributed by atoms with Crippen molar-refractivity contribution in [2.24, 2.45) is 5.73 Å². The van der Waals surface area contributed by atoms with E-state index in [1.807, 2.05) is 6.07 Å². The quantitative estimate of drug-likeness (QED) is 0.698. The van der Waals surface area contributed by atoms with Gasteiger partial charge in [0, 0.05) is 12.5 Å². The lowest BCUT2D eigenvalue weighted by Crippen LogP contribution is -2.09. The van der Waals surface area contributed by atoms with Gasteiger partial charge in [-0.2, -0.15) is 0 Å². The molecule has 3 nitrogen and oxygen atoms in total. The molecule has 2 N–H and O–H groups in total. The summed E-state index contributed by atoms with van der Waals surface area (Å²) in [5.41, 5.74) is 5.53. The molecule has 1 aromatic carbocycles. The monoisotopic (exact) mass is 199 g/mol. The van der Waals surface area contributed by atoms with Crippen LogP contribution in [0, 0.1) is 0 Å². The summed E-state index contributed by atoms with van der Waals surface area (Å²) < 4.78 is 0. The number of rotatable bonds is 1. The van der Waals surface area contributed by atoms with Crippen molar-refractivity contribution in [3.8, 4) is 0 Å². The summed E-state index contributed by atoms with van der Waals surface area (Å²) in [6, 6.07) is 8.76. The maximum atomic E-state index is 10.4. The van der Waals surface area contributed by atoms with Crippen molar-refractivity contribution in [2.45, 2.75) is 6.92 Å². The lowest BCUT2D eigenvalue weighted by molar-refractivity contribution is -0.109. The summed E-state index contributed by atoms with van der Waals surface area (Å²) in [6.45, 7) is 1.29. The molecule has 0 aliphatic rings. The molecule has 0 aromatic heterocycles. The molecule has 0 unspecified atom stereocenters. The molecule has 0 aliphatic heterocycles. The van der Waals surface area contributed by atoms with Gasteiger partial charge in [-0.05, 0) is 23.7 Å². The fourth-order valence-electron chi connectivity index (χ4n) is 0.602. The number of hydrogen-bond donors (Lipinski definition) is 1. The lowest BCUT2D eigenvalue weighted by Gasteiger charge is -1.89. The van der Waals surface area contributed by atoms with Gasteiger partial charge in [-0.25, -0.2) is 0 Å². The molecule has 0 bridgehead atoms. The Kier molecular flexibility index (Phi) is 5.55. The van der Waals surface area contributed by atoms with Gasteiger partial charge in [-0.3, -0.25) is 9.59 Å². The fraction of sp³-hybridized carbons (Fsp3) is 0.111.